The second-order valence-electron chi connectivity index (χ2n) is 3.69. The molecule has 0 aliphatic rings. The molecule has 0 aliphatic carbocycles. The smallest absolute Gasteiger partial charge is 0.166 e. The van der Waals surface area contributed by atoms with Gasteiger partial charge in [0.05, 0.1) is 0 Å². The lowest BCUT2D eigenvalue weighted by Crippen LogP contribution is -2.07. The molecule has 2 aromatic rings. The zero-order valence-electron chi connectivity index (χ0n) is 9.44. The molecule has 0 amide bonds. The average molecular weight is 308 g/mol. The van der Waals surface area contributed by atoms with Crippen LogP contribution in [-0.2, 0) is 0 Å². The number of benzene rings is 1. The summed E-state index contributed by atoms with van der Waals surface area (Å²) in [5, 5.41) is 9.71. The zero-order valence-corrected chi connectivity index (χ0v) is 11.8. The molecule has 1 aromatic carbocycles. The molecule has 3 nitrogen and oxygen atoms in total. The number of nitrogens with zero attached hydrogens (tertiary/aromatic N) is 3. The van der Waals surface area contributed by atoms with Gasteiger partial charge in [0.2, 0.25) is 0 Å². The van der Waals surface area contributed by atoms with Gasteiger partial charge in [-0.2, -0.15) is 5.26 Å². The zero-order chi connectivity index (χ0) is 12.4. The number of hydrogen-bond acceptors (Lipinski definition) is 4. The van der Waals surface area contributed by atoms with Gasteiger partial charge in [-0.3, -0.25) is 0 Å². The molecule has 0 radical (unpaired) electrons. The highest BCUT2D eigenvalue weighted by Crippen LogP contribution is 2.32. The van der Waals surface area contributed by atoms with Crippen LogP contribution < -0.4 is 4.90 Å². The first kappa shape index (κ1) is 12.1. The fourth-order valence-electron chi connectivity index (χ4n) is 1.40. The predicted molar refractivity (Wildman–Crippen MR) is 74.3 cm³/mol. The van der Waals surface area contributed by atoms with Crippen LogP contribution in [0.4, 0.5) is 5.69 Å². The van der Waals surface area contributed by atoms with Crippen LogP contribution in [0.2, 0.25) is 0 Å². The van der Waals surface area contributed by atoms with Gasteiger partial charge in [0, 0.05) is 25.3 Å². The Bertz CT molecular complexity index is 566. The number of aromatic nitrogens is 1. The molecule has 0 saturated heterocycles. The molecule has 1 heterocycles. The lowest BCUT2D eigenvalue weighted by atomic mass is 10.2. The minimum Gasteiger partial charge on any atom is -0.378 e. The molecular weight excluding hydrogens is 298 g/mol. The molecule has 0 saturated carbocycles. The predicted octanol–water partition coefficient (Wildman–Crippen LogP) is 3.51. The van der Waals surface area contributed by atoms with E-state index in [4.69, 9.17) is 5.26 Å². The van der Waals surface area contributed by atoms with Gasteiger partial charge in [0.25, 0.3) is 0 Å². The monoisotopic (exact) mass is 307 g/mol. The minimum absolute atomic E-state index is 0.446. The summed E-state index contributed by atoms with van der Waals surface area (Å²) in [4.78, 5) is 6.31. The molecule has 0 N–H and O–H groups in total. The van der Waals surface area contributed by atoms with E-state index in [1.54, 1.807) is 0 Å². The van der Waals surface area contributed by atoms with E-state index in [2.05, 4.69) is 27.0 Å². The third-order valence-corrected chi connectivity index (χ3v) is 4.08. The Hall–Kier alpha value is -1.38. The molecule has 2 rings (SSSR count). The Kier molecular flexibility index (Phi) is 3.46. The quantitative estimate of drug-likeness (QED) is 0.852. The van der Waals surface area contributed by atoms with Crippen molar-refractivity contribution in [2.75, 3.05) is 19.0 Å². The van der Waals surface area contributed by atoms with Gasteiger partial charge in [-0.1, -0.05) is 0 Å². The SMILES string of the molecule is CN(C)c1ccc(-c2nc(C#N)c(Br)s2)cc1. The Morgan fingerprint density at radius 2 is 1.94 bits per heavy atom. The summed E-state index contributed by atoms with van der Waals surface area (Å²) in [6.45, 7) is 0. The summed E-state index contributed by atoms with van der Waals surface area (Å²) in [7, 11) is 4.01. The number of hydrogen-bond donors (Lipinski definition) is 0. The van der Waals surface area contributed by atoms with E-state index in [0.717, 1.165) is 20.0 Å². The molecule has 1 aromatic heterocycles. The second-order valence-corrected chi connectivity index (χ2v) is 6.01. The first-order chi connectivity index (χ1) is 8.11. The average Bonchev–Trinajstić information content (AvgIpc) is 2.70. The summed E-state index contributed by atoms with van der Waals surface area (Å²) in [5.74, 6) is 0. The van der Waals surface area contributed by atoms with Crippen molar-refractivity contribution in [3.05, 3.63) is 33.7 Å². The van der Waals surface area contributed by atoms with Crippen LogP contribution in [0.5, 0.6) is 0 Å². The molecule has 0 fully saturated rings. The number of nitriles is 1. The van der Waals surface area contributed by atoms with Crippen LogP contribution in [0.25, 0.3) is 10.6 Å². The maximum Gasteiger partial charge on any atom is 0.166 e. The van der Waals surface area contributed by atoms with Gasteiger partial charge in [0.15, 0.2) is 5.69 Å². The standard InChI is InChI=1S/C12H10BrN3S/c1-16(2)9-5-3-8(4-6-9)12-15-10(7-14)11(13)17-12/h3-6H,1-2H3. The van der Waals surface area contributed by atoms with Crippen LogP contribution >= 0.6 is 27.3 Å². The molecule has 5 heteroatoms. The van der Waals surface area contributed by atoms with Crippen molar-refractivity contribution in [2.45, 2.75) is 0 Å². The first-order valence-corrected chi connectivity index (χ1v) is 6.57. The van der Waals surface area contributed by atoms with E-state index in [1.807, 2.05) is 43.3 Å². The Labute approximate surface area is 112 Å². The van der Waals surface area contributed by atoms with E-state index < -0.39 is 0 Å². The highest BCUT2D eigenvalue weighted by molar-refractivity contribution is 9.11. The van der Waals surface area contributed by atoms with Gasteiger partial charge >= 0.3 is 0 Å². The Morgan fingerprint density at radius 3 is 2.41 bits per heavy atom. The topological polar surface area (TPSA) is 39.9 Å². The van der Waals surface area contributed by atoms with Crippen LogP contribution in [0.15, 0.2) is 28.1 Å². The van der Waals surface area contributed by atoms with E-state index >= 15 is 0 Å². The van der Waals surface area contributed by atoms with Crippen molar-refractivity contribution < 1.29 is 0 Å². The fourth-order valence-corrected chi connectivity index (χ4v) is 2.78. The summed E-state index contributed by atoms with van der Waals surface area (Å²) in [6.07, 6.45) is 0. The number of rotatable bonds is 2. The summed E-state index contributed by atoms with van der Waals surface area (Å²) >= 11 is 4.81. The largest absolute Gasteiger partial charge is 0.378 e. The van der Waals surface area contributed by atoms with Crippen LogP contribution in [0, 0.1) is 11.3 Å². The van der Waals surface area contributed by atoms with Crippen LogP contribution in [0.1, 0.15) is 5.69 Å². The van der Waals surface area contributed by atoms with E-state index in [0.29, 0.717) is 5.69 Å². The highest BCUT2D eigenvalue weighted by atomic mass is 79.9. The summed E-state index contributed by atoms with van der Waals surface area (Å²) < 4.78 is 0.784. The Balaban J connectivity index is 2.37. The fraction of sp³-hybridized carbons (Fsp3) is 0.167. The molecule has 0 bridgehead atoms. The third kappa shape index (κ3) is 2.48. The lowest BCUT2D eigenvalue weighted by Gasteiger charge is -2.11. The number of halogens is 1. The van der Waals surface area contributed by atoms with E-state index in [9.17, 15) is 0 Å². The van der Waals surface area contributed by atoms with Crippen molar-refractivity contribution in [1.29, 1.82) is 5.26 Å². The van der Waals surface area contributed by atoms with Gasteiger partial charge in [-0.15, -0.1) is 11.3 Å². The normalized spacial score (nSPS) is 10.0. The van der Waals surface area contributed by atoms with Crippen LogP contribution in [0.3, 0.4) is 0 Å². The molecule has 0 unspecified atom stereocenters. The van der Waals surface area contributed by atoms with E-state index in [-0.39, 0.29) is 0 Å². The first-order valence-electron chi connectivity index (χ1n) is 4.96. The molecule has 0 aliphatic heterocycles. The third-order valence-electron chi connectivity index (χ3n) is 2.32. The highest BCUT2D eigenvalue weighted by Gasteiger charge is 2.09. The molecule has 17 heavy (non-hydrogen) atoms. The van der Waals surface area contributed by atoms with Gasteiger partial charge < -0.3 is 4.90 Å². The van der Waals surface area contributed by atoms with Gasteiger partial charge in [-0.25, -0.2) is 4.98 Å². The summed E-state index contributed by atoms with van der Waals surface area (Å²) in [5.41, 5.74) is 2.62. The maximum atomic E-state index is 8.85. The van der Waals surface area contributed by atoms with E-state index in [1.165, 1.54) is 11.3 Å². The molecule has 86 valence electrons. The lowest BCUT2D eigenvalue weighted by molar-refractivity contribution is 1.13. The van der Waals surface area contributed by atoms with Gasteiger partial charge in [0.1, 0.15) is 14.9 Å². The van der Waals surface area contributed by atoms with Crippen molar-refractivity contribution in [1.82, 2.24) is 4.98 Å². The molecule has 0 atom stereocenters. The molecule has 0 spiro atoms. The second kappa shape index (κ2) is 4.86. The van der Waals surface area contributed by atoms with Crippen molar-refractivity contribution >= 4 is 33.0 Å². The van der Waals surface area contributed by atoms with Gasteiger partial charge in [-0.05, 0) is 40.2 Å². The van der Waals surface area contributed by atoms with Crippen molar-refractivity contribution in [2.24, 2.45) is 0 Å². The van der Waals surface area contributed by atoms with Crippen molar-refractivity contribution in [3.8, 4) is 16.6 Å². The van der Waals surface area contributed by atoms with Crippen LogP contribution in [-0.4, -0.2) is 19.1 Å². The van der Waals surface area contributed by atoms with Crippen molar-refractivity contribution in [3.63, 3.8) is 0 Å². The minimum atomic E-state index is 0.446. The number of anilines is 1. The summed E-state index contributed by atoms with van der Waals surface area (Å²) in [6, 6.07) is 10.2. The Morgan fingerprint density at radius 1 is 1.29 bits per heavy atom. The maximum absolute atomic E-state index is 8.85. The number of thiazole rings is 1. The molecular formula is C12H10BrN3S.